The van der Waals surface area contributed by atoms with Gasteiger partial charge in [-0.25, -0.2) is 0 Å². The van der Waals surface area contributed by atoms with E-state index in [4.69, 9.17) is 11.6 Å². The number of nitro benzene ring substituents is 1. The molecule has 0 saturated carbocycles. The van der Waals surface area contributed by atoms with Gasteiger partial charge in [0, 0.05) is 36.4 Å². The Balaban J connectivity index is 2.20. The molecule has 0 aliphatic heterocycles. The molecule has 1 aromatic heterocycles. The number of rotatable bonds is 5. The minimum Gasteiger partial charge on any atom is -0.375 e. The van der Waals surface area contributed by atoms with Crippen molar-refractivity contribution in [1.82, 2.24) is 9.78 Å². The lowest BCUT2D eigenvalue weighted by Crippen LogP contribution is -2.03. The molecule has 0 radical (unpaired) electrons. The number of aromatic nitrogens is 2. The normalized spacial score (nSPS) is 10.6. The summed E-state index contributed by atoms with van der Waals surface area (Å²) in [5, 5.41) is 18.8. The number of nitrogens with one attached hydrogen (secondary N) is 1. The topological polar surface area (TPSA) is 73.0 Å². The minimum atomic E-state index is -0.446. The highest BCUT2D eigenvalue weighted by molar-refractivity contribution is 6.30. The van der Waals surface area contributed by atoms with Gasteiger partial charge in [-0.3, -0.25) is 14.8 Å². The van der Waals surface area contributed by atoms with Crippen LogP contribution >= 0.6 is 11.6 Å². The van der Waals surface area contributed by atoms with Gasteiger partial charge in [0.2, 0.25) is 0 Å². The monoisotopic (exact) mass is 294 g/mol. The van der Waals surface area contributed by atoms with Crippen molar-refractivity contribution in [2.45, 2.75) is 19.9 Å². The molecule has 2 aromatic rings. The van der Waals surface area contributed by atoms with Crippen LogP contribution in [0.3, 0.4) is 0 Å². The van der Waals surface area contributed by atoms with Crippen LogP contribution in [0.4, 0.5) is 11.4 Å². The summed E-state index contributed by atoms with van der Waals surface area (Å²) in [5.74, 6) is 0. The SMILES string of the molecule is CCc1nn(C)cc1CNc1ccc(Cl)cc1[N+](=O)[O-]. The van der Waals surface area contributed by atoms with E-state index in [-0.39, 0.29) is 5.69 Å². The van der Waals surface area contributed by atoms with E-state index in [1.165, 1.54) is 6.07 Å². The molecule has 1 heterocycles. The molecule has 0 bridgehead atoms. The number of nitrogens with zero attached hydrogens (tertiary/aromatic N) is 3. The van der Waals surface area contributed by atoms with Crippen LogP contribution in [0.2, 0.25) is 5.02 Å². The second-order valence-electron chi connectivity index (χ2n) is 4.40. The van der Waals surface area contributed by atoms with E-state index in [9.17, 15) is 10.1 Å². The number of benzene rings is 1. The van der Waals surface area contributed by atoms with Gasteiger partial charge in [0.15, 0.2) is 0 Å². The van der Waals surface area contributed by atoms with Gasteiger partial charge in [0.1, 0.15) is 5.69 Å². The van der Waals surface area contributed by atoms with Gasteiger partial charge in [0.25, 0.3) is 5.69 Å². The fourth-order valence-electron chi connectivity index (χ4n) is 2.02. The molecule has 106 valence electrons. The van der Waals surface area contributed by atoms with E-state index < -0.39 is 4.92 Å². The molecule has 7 heteroatoms. The van der Waals surface area contributed by atoms with Gasteiger partial charge in [-0.05, 0) is 18.6 Å². The van der Waals surface area contributed by atoms with Gasteiger partial charge in [-0.1, -0.05) is 18.5 Å². The molecular weight excluding hydrogens is 280 g/mol. The molecule has 20 heavy (non-hydrogen) atoms. The molecule has 0 unspecified atom stereocenters. The molecule has 0 saturated heterocycles. The maximum absolute atomic E-state index is 11.0. The molecule has 6 nitrogen and oxygen atoms in total. The largest absolute Gasteiger partial charge is 0.375 e. The van der Waals surface area contributed by atoms with Crippen molar-refractivity contribution in [2.75, 3.05) is 5.32 Å². The van der Waals surface area contributed by atoms with Crippen molar-refractivity contribution in [3.8, 4) is 0 Å². The van der Waals surface area contributed by atoms with Crippen molar-refractivity contribution in [3.05, 3.63) is 50.8 Å². The Labute approximate surface area is 121 Å². The van der Waals surface area contributed by atoms with Gasteiger partial charge < -0.3 is 5.32 Å². The predicted octanol–water partition coefficient (Wildman–Crippen LogP) is 3.16. The van der Waals surface area contributed by atoms with E-state index in [0.717, 1.165) is 17.7 Å². The quantitative estimate of drug-likeness (QED) is 0.679. The highest BCUT2D eigenvalue weighted by atomic mass is 35.5. The first-order valence-electron chi connectivity index (χ1n) is 6.20. The molecule has 0 atom stereocenters. The Hall–Kier alpha value is -2.08. The van der Waals surface area contributed by atoms with Crippen molar-refractivity contribution >= 4 is 23.0 Å². The first-order chi connectivity index (χ1) is 9.51. The van der Waals surface area contributed by atoms with Crippen LogP contribution in [0.25, 0.3) is 0 Å². The number of hydrogen-bond acceptors (Lipinski definition) is 4. The summed E-state index contributed by atoms with van der Waals surface area (Å²) in [4.78, 5) is 10.6. The maximum atomic E-state index is 11.0. The molecule has 0 spiro atoms. The molecule has 0 amide bonds. The molecule has 2 rings (SSSR count). The second-order valence-corrected chi connectivity index (χ2v) is 4.84. The Kier molecular flexibility index (Phi) is 4.24. The molecule has 1 N–H and O–H groups in total. The fraction of sp³-hybridized carbons (Fsp3) is 0.308. The van der Waals surface area contributed by atoms with Crippen LogP contribution in [0.15, 0.2) is 24.4 Å². The van der Waals surface area contributed by atoms with Crippen LogP contribution < -0.4 is 5.32 Å². The lowest BCUT2D eigenvalue weighted by atomic mass is 10.2. The van der Waals surface area contributed by atoms with Crippen LogP contribution in [0.5, 0.6) is 0 Å². The first kappa shape index (κ1) is 14.3. The lowest BCUT2D eigenvalue weighted by Gasteiger charge is -2.07. The smallest absolute Gasteiger partial charge is 0.293 e. The summed E-state index contributed by atoms with van der Waals surface area (Å²) in [6.45, 7) is 2.51. The van der Waals surface area contributed by atoms with Crippen LogP contribution in [0, 0.1) is 10.1 Å². The molecule has 1 aromatic carbocycles. The molecular formula is C13H15ClN4O2. The number of hydrogen-bond donors (Lipinski definition) is 1. The van der Waals surface area contributed by atoms with E-state index in [1.54, 1.807) is 16.8 Å². The Morgan fingerprint density at radius 1 is 1.50 bits per heavy atom. The lowest BCUT2D eigenvalue weighted by molar-refractivity contribution is -0.383. The zero-order chi connectivity index (χ0) is 14.7. The number of nitro groups is 1. The third-order valence-corrected chi connectivity index (χ3v) is 3.19. The van der Waals surface area contributed by atoms with E-state index >= 15 is 0 Å². The standard InChI is InChI=1S/C13H15ClN4O2/c1-3-11-9(8-17(2)16-11)7-15-12-5-4-10(14)6-13(12)18(19)20/h4-6,8,15H,3,7H2,1-2H3. The van der Waals surface area contributed by atoms with Crippen LogP contribution in [0.1, 0.15) is 18.2 Å². The zero-order valence-corrected chi connectivity index (χ0v) is 12.0. The third kappa shape index (κ3) is 3.08. The average molecular weight is 295 g/mol. The van der Waals surface area contributed by atoms with E-state index in [0.29, 0.717) is 17.3 Å². The van der Waals surface area contributed by atoms with Crippen molar-refractivity contribution in [1.29, 1.82) is 0 Å². The first-order valence-corrected chi connectivity index (χ1v) is 6.58. The Morgan fingerprint density at radius 3 is 2.90 bits per heavy atom. The van der Waals surface area contributed by atoms with E-state index in [2.05, 4.69) is 10.4 Å². The third-order valence-electron chi connectivity index (χ3n) is 2.95. The van der Waals surface area contributed by atoms with Gasteiger partial charge >= 0.3 is 0 Å². The molecule has 0 aliphatic rings. The summed E-state index contributed by atoms with van der Waals surface area (Å²) in [6.07, 6.45) is 2.73. The Bertz CT molecular complexity index is 639. The summed E-state index contributed by atoms with van der Waals surface area (Å²) >= 11 is 5.78. The predicted molar refractivity (Wildman–Crippen MR) is 78.0 cm³/mol. The van der Waals surface area contributed by atoms with Crippen molar-refractivity contribution in [3.63, 3.8) is 0 Å². The van der Waals surface area contributed by atoms with Gasteiger partial charge in [-0.15, -0.1) is 0 Å². The van der Waals surface area contributed by atoms with E-state index in [1.807, 2.05) is 20.2 Å². The highest BCUT2D eigenvalue weighted by Gasteiger charge is 2.15. The summed E-state index contributed by atoms with van der Waals surface area (Å²) in [5.41, 5.74) is 2.43. The van der Waals surface area contributed by atoms with Gasteiger partial charge in [0.05, 0.1) is 10.6 Å². The average Bonchev–Trinajstić information content (AvgIpc) is 2.77. The summed E-state index contributed by atoms with van der Waals surface area (Å²) < 4.78 is 1.74. The summed E-state index contributed by atoms with van der Waals surface area (Å²) in [6, 6.07) is 4.58. The number of aryl methyl sites for hydroxylation is 2. The second kappa shape index (κ2) is 5.92. The highest BCUT2D eigenvalue weighted by Crippen LogP contribution is 2.28. The molecule has 0 aliphatic carbocycles. The van der Waals surface area contributed by atoms with Crippen LogP contribution in [-0.4, -0.2) is 14.7 Å². The minimum absolute atomic E-state index is 0.0283. The summed E-state index contributed by atoms with van der Waals surface area (Å²) in [7, 11) is 1.85. The van der Waals surface area contributed by atoms with Gasteiger partial charge in [-0.2, -0.15) is 5.10 Å². The maximum Gasteiger partial charge on any atom is 0.293 e. The van der Waals surface area contributed by atoms with Crippen molar-refractivity contribution in [2.24, 2.45) is 7.05 Å². The zero-order valence-electron chi connectivity index (χ0n) is 11.3. The van der Waals surface area contributed by atoms with Crippen molar-refractivity contribution < 1.29 is 4.92 Å². The molecule has 0 fully saturated rings. The van der Waals surface area contributed by atoms with Crippen LogP contribution in [-0.2, 0) is 20.0 Å². The Morgan fingerprint density at radius 2 is 2.25 bits per heavy atom. The number of anilines is 1. The number of halogens is 1. The fourth-order valence-corrected chi connectivity index (χ4v) is 2.19.